The molecule has 3 heteroatoms. The molecule has 1 saturated heterocycles. The SMILES string of the molecule is C=CCN(C)C(=O)C1CCNCC1. The van der Waals surface area contributed by atoms with Gasteiger partial charge in [-0.05, 0) is 25.9 Å². The molecule has 1 N–H and O–H groups in total. The third-order valence-electron chi connectivity index (χ3n) is 2.47. The van der Waals surface area contributed by atoms with Crippen molar-refractivity contribution >= 4 is 5.91 Å². The van der Waals surface area contributed by atoms with Crippen LogP contribution in [0.25, 0.3) is 0 Å². The Bertz CT molecular complexity index is 185. The lowest BCUT2D eigenvalue weighted by Crippen LogP contribution is -2.39. The van der Waals surface area contributed by atoms with Crippen molar-refractivity contribution in [3.8, 4) is 0 Å². The molecule has 1 aliphatic rings. The number of nitrogens with one attached hydrogen (secondary N) is 1. The van der Waals surface area contributed by atoms with Crippen molar-refractivity contribution in [3.63, 3.8) is 0 Å². The highest BCUT2D eigenvalue weighted by Crippen LogP contribution is 2.13. The summed E-state index contributed by atoms with van der Waals surface area (Å²) in [4.78, 5) is 13.5. The van der Waals surface area contributed by atoms with Crippen molar-refractivity contribution in [2.75, 3.05) is 26.7 Å². The number of carbonyl (C=O) groups excluding carboxylic acids is 1. The molecule has 1 heterocycles. The first kappa shape index (κ1) is 10.3. The Morgan fingerprint density at radius 1 is 1.62 bits per heavy atom. The molecule has 1 amide bonds. The second-order valence-corrected chi connectivity index (χ2v) is 3.53. The number of amides is 1. The molecule has 0 aliphatic carbocycles. The van der Waals surface area contributed by atoms with E-state index >= 15 is 0 Å². The van der Waals surface area contributed by atoms with Gasteiger partial charge >= 0.3 is 0 Å². The van der Waals surface area contributed by atoms with Gasteiger partial charge in [-0.15, -0.1) is 6.58 Å². The van der Waals surface area contributed by atoms with Gasteiger partial charge in [-0.25, -0.2) is 0 Å². The third kappa shape index (κ3) is 2.84. The summed E-state index contributed by atoms with van der Waals surface area (Å²) in [5, 5.41) is 3.25. The van der Waals surface area contributed by atoms with Crippen LogP contribution in [0.3, 0.4) is 0 Å². The maximum absolute atomic E-state index is 11.7. The Morgan fingerprint density at radius 3 is 2.77 bits per heavy atom. The molecular formula is C10H18N2O. The number of hydrogen-bond acceptors (Lipinski definition) is 2. The number of rotatable bonds is 3. The van der Waals surface area contributed by atoms with E-state index in [1.54, 1.807) is 11.0 Å². The summed E-state index contributed by atoms with van der Waals surface area (Å²) in [7, 11) is 1.84. The van der Waals surface area contributed by atoms with E-state index in [9.17, 15) is 4.79 Å². The van der Waals surface area contributed by atoms with Crippen LogP contribution >= 0.6 is 0 Å². The number of nitrogens with zero attached hydrogens (tertiary/aromatic N) is 1. The zero-order chi connectivity index (χ0) is 9.68. The summed E-state index contributed by atoms with van der Waals surface area (Å²) in [6, 6.07) is 0. The Labute approximate surface area is 79.8 Å². The van der Waals surface area contributed by atoms with Crippen molar-refractivity contribution in [2.45, 2.75) is 12.8 Å². The predicted octanol–water partition coefficient (Wildman–Crippen LogP) is 0.630. The van der Waals surface area contributed by atoms with E-state index in [0.29, 0.717) is 6.54 Å². The van der Waals surface area contributed by atoms with Crippen LogP contribution in [0.4, 0.5) is 0 Å². The van der Waals surface area contributed by atoms with Crippen LogP contribution in [0.15, 0.2) is 12.7 Å². The molecule has 0 spiro atoms. The smallest absolute Gasteiger partial charge is 0.225 e. The van der Waals surface area contributed by atoms with Crippen LogP contribution in [0.2, 0.25) is 0 Å². The normalized spacial score (nSPS) is 18.2. The second-order valence-electron chi connectivity index (χ2n) is 3.53. The summed E-state index contributed by atoms with van der Waals surface area (Å²) in [5.41, 5.74) is 0. The highest BCUT2D eigenvalue weighted by atomic mass is 16.2. The highest BCUT2D eigenvalue weighted by Gasteiger charge is 2.22. The number of hydrogen-bond donors (Lipinski definition) is 1. The minimum Gasteiger partial charge on any atom is -0.342 e. The van der Waals surface area contributed by atoms with Crippen molar-refractivity contribution in [1.29, 1.82) is 0 Å². The summed E-state index contributed by atoms with van der Waals surface area (Å²) < 4.78 is 0. The average molecular weight is 182 g/mol. The molecule has 0 radical (unpaired) electrons. The average Bonchev–Trinajstić information content (AvgIpc) is 2.18. The van der Waals surface area contributed by atoms with Gasteiger partial charge in [-0.1, -0.05) is 6.08 Å². The number of carbonyl (C=O) groups is 1. The second kappa shape index (κ2) is 5.02. The van der Waals surface area contributed by atoms with E-state index in [-0.39, 0.29) is 11.8 Å². The number of likely N-dealkylation sites (N-methyl/N-ethyl adjacent to an activating group) is 1. The van der Waals surface area contributed by atoms with Gasteiger partial charge in [-0.3, -0.25) is 4.79 Å². The Hall–Kier alpha value is -0.830. The van der Waals surface area contributed by atoms with Gasteiger partial charge in [0.2, 0.25) is 5.91 Å². The van der Waals surface area contributed by atoms with Crippen molar-refractivity contribution in [1.82, 2.24) is 10.2 Å². The molecule has 1 rings (SSSR count). The molecule has 0 saturated carbocycles. The van der Waals surface area contributed by atoms with Crippen LogP contribution in [-0.2, 0) is 4.79 Å². The maximum atomic E-state index is 11.7. The summed E-state index contributed by atoms with van der Waals surface area (Å²) >= 11 is 0. The van der Waals surface area contributed by atoms with Gasteiger partial charge in [0.05, 0.1) is 0 Å². The first-order valence-electron chi connectivity index (χ1n) is 4.82. The molecule has 0 aromatic rings. The lowest BCUT2D eigenvalue weighted by atomic mass is 9.97. The van der Waals surface area contributed by atoms with Crippen molar-refractivity contribution in [3.05, 3.63) is 12.7 Å². The predicted molar refractivity (Wildman–Crippen MR) is 53.4 cm³/mol. The van der Waals surface area contributed by atoms with Crippen LogP contribution in [0.1, 0.15) is 12.8 Å². The molecule has 74 valence electrons. The Morgan fingerprint density at radius 2 is 2.23 bits per heavy atom. The van der Waals surface area contributed by atoms with Gasteiger partial charge < -0.3 is 10.2 Å². The van der Waals surface area contributed by atoms with Crippen LogP contribution in [0, 0.1) is 5.92 Å². The lowest BCUT2D eigenvalue weighted by molar-refractivity contribution is -0.134. The molecule has 1 fully saturated rings. The number of piperidine rings is 1. The quantitative estimate of drug-likeness (QED) is 0.649. The van der Waals surface area contributed by atoms with Gasteiger partial charge in [0, 0.05) is 19.5 Å². The molecular weight excluding hydrogens is 164 g/mol. The minimum atomic E-state index is 0.228. The fourth-order valence-corrected chi connectivity index (χ4v) is 1.66. The maximum Gasteiger partial charge on any atom is 0.225 e. The Kier molecular flexibility index (Phi) is 3.96. The van der Waals surface area contributed by atoms with Gasteiger partial charge in [-0.2, -0.15) is 0 Å². The first-order valence-corrected chi connectivity index (χ1v) is 4.82. The fraction of sp³-hybridized carbons (Fsp3) is 0.700. The Balaban J connectivity index is 2.40. The highest BCUT2D eigenvalue weighted by molar-refractivity contribution is 5.78. The van der Waals surface area contributed by atoms with Gasteiger partial charge in [0.15, 0.2) is 0 Å². The molecule has 3 nitrogen and oxygen atoms in total. The summed E-state index contributed by atoms with van der Waals surface area (Å²) in [6.07, 6.45) is 3.71. The van der Waals surface area contributed by atoms with E-state index in [2.05, 4.69) is 11.9 Å². The largest absolute Gasteiger partial charge is 0.342 e. The molecule has 0 unspecified atom stereocenters. The fourth-order valence-electron chi connectivity index (χ4n) is 1.66. The standard InChI is InChI=1S/C10H18N2O/c1-3-8-12(2)10(13)9-4-6-11-7-5-9/h3,9,11H,1,4-8H2,2H3. The van der Waals surface area contributed by atoms with E-state index in [0.717, 1.165) is 25.9 Å². The zero-order valence-corrected chi connectivity index (χ0v) is 8.25. The zero-order valence-electron chi connectivity index (χ0n) is 8.25. The topological polar surface area (TPSA) is 32.3 Å². The van der Waals surface area contributed by atoms with Crippen molar-refractivity contribution in [2.24, 2.45) is 5.92 Å². The molecule has 13 heavy (non-hydrogen) atoms. The minimum absolute atomic E-state index is 0.228. The van der Waals surface area contributed by atoms with Crippen LogP contribution < -0.4 is 5.32 Å². The van der Waals surface area contributed by atoms with E-state index in [4.69, 9.17) is 0 Å². The van der Waals surface area contributed by atoms with Gasteiger partial charge in [0.1, 0.15) is 0 Å². The van der Waals surface area contributed by atoms with Crippen molar-refractivity contribution < 1.29 is 4.79 Å². The molecule has 1 aliphatic heterocycles. The van der Waals surface area contributed by atoms with E-state index in [1.807, 2.05) is 7.05 Å². The van der Waals surface area contributed by atoms with Crippen LogP contribution in [-0.4, -0.2) is 37.5 Å². The summed E-state index contributed by atoms with van der Waals surface area (Å²) in [6.45, 7) is 6.22. The summed E-state index contributed by atoms with van der Waals surface area (Å²) in [5.74, 6) is 0.493. The van der Waals surface area contributed by atoms with Crippen LogP contribution in [0.5, 0.6) is 0 Å². The lowest BCUT2D eigenvalue weighted by Gasteiger charge is -2.26. The molecule has 0 aromatic carbocycles. The van der Waals surface area contributed by atoms with E-state index < -0.39 is 0 Å². The molecule has 0 bridgehead atoms. The first-order chi connectivity index (χ1) is 6.25. The van der Waals surface area contributed by atoms with E-state index in [1.165, 1.54) is 0 Å². The third-order valence-corrected chi connectivity index (χ3v) is 2.47. The monoisotopic (exact) mass is 182 g/mol. The molecule has 0 aromatic heterocycles. The van der Waals surface area contributed by atoms with Gasteiger partial charge in [0.25, 0.3) is 0 Å². The molecule has 0 atom stereocenters.